The van der Waals surface area contributed by atoms with Crippen LogP contribution in [0.15, 0.2) is 30.5 Å². The third-order valence-electron chi connectivity index (χ3n) is 3.77. The maximum absolute atomic E-state index is 11.7. The average Bonchev–Trinajstić information content (AvgIpc) is 3.28. The first kappa shape index (κ1) is 15.2. The molecule has 1 aromatic carbocycles. The van der Waals surface area contributed by atoms with E-state index in [1.165, 1.54) is 0 Å². The van der Waals surface area contributed by atoms with E-state index in [9.17, 15) is 9.59 Å². The molecule has 2 N–H and O–H groups in total. The van der Waals surface area contributed by atoms with Crippen LogP contribution in [0.4, 0.5) is 5.69 Å². The number of aromatic nitrogens is 3. The molecule has 3 rings (SSSR count). The Labute approximate surface area is 133 Å². The lowest BCUT2D eigenvalue weighted by atomic mass is 10.1. The predicted molar refractivity (Wildman–Crippen MR) is 83.7 cm³/mol. The Kier molecular flexibility index (Phi) is 4.36. The topological polar surface area (TPSA) is 97.1 Å². The molecule has 23 heavy (non-hydrogen) atoms. The molecule has 1 aliphatic carbocycles. The van der Waals surface area contributed by atoms with Gasteiger partial charge in [-0.05, 0) is 31.4 Å². The Hall–Kier alpha value is -2.70. The van der Waals surface area contributed by atoms with Crippen molar-refractivity contribution in [2.24, 2.45) is 5.92 Å². The number of rotatable bonds is 7. The zero-order valence-electron chi connectivity index (χ0n) is 12.6. The standard InChI is InChI=1S/C16H18N4O3/c21-15(22)2-1-9-20-14(10-17-19-20)11-5-7-13(8-6-11)18-16(23)12-3-4-12/h5-8,10,12H,1-4,9H2,(H,18,23)(H,21,22). The van der Waals surface area contributed by atoms with Gasteiger partial charge in [-0.25, -0.2) is 4.68 Å². The highest BCUT2D eigenvalue weighted by Gasteiger charge is 2.29. The Balaban J connectivity index is 1.66. The van der Waals surface area contributed by atoms with Gasteiger partial charge in [0.05, 0.1) is 11.9 Å². The minimum atomic E-state index is -0.817. The summed E-state index contributed by atoms with van der Waals surface area (Å²) >= 11 is 0. The van der Waals surface area contributed by atoms with Crippen molar-refractivity contribution in [2.75, 3.05) is 5.32 Å². The molecular weight excluding hydrogens is 296 g/mol. The van der Waals surface area contributed by atoms with Crippen LogP contribution in [0.5, 0.6) is 0 Å². The van der Waals surface area contributed by atoms with Crippen LogP contribution < -0.4 is 5.32 Å². The summed E-state index contributed by atoms with van der Waals surface area (Å²) in [5.41, 5.74) is 2.53. The van der Waals surface area contributed by atoms with E-state index in [0.29, 0.717) is 13.0 Å². The minimum Gasteiger partial charge on any atom is -0.481 e. The molecule has 0 bridgehead atoms. The maximum atomic E-state index is 11.7. The molecule has 1 fully saturated rings. The van der Waals surface area contributed by atoms with E-state index >= 15 is 0 Å². The molecule has 1 aromatic heterocycles. The monoisotopic (exact) mass is 314 g/mol. The van der Waals surface area contributed by atoms with Gasteiger partial charge in [0, 0.05) is 30.1 Å². The van der Waals surface area contributed by atoms with Crippen molar-refractivity contribution in [2.45, 2.75) is 32.2 Å². The molecule has 0 atom stereocenters. The number of anilines is 1. The Bertz CT molecular complexity index is 704. The number of nitrogens with zero attached hydrogens (tertiary/aromatic N) is 3. The number of carboxylic acids is 1. The third-order valence-corrected chi connectivity index (χ3v) is 3.77. The summed E-state index contributed by atoms with van der Waals surface area (Å²) in [7, 11) is 0. The Morgan fingerprint density at radius 1 is 1.26 bits per heavy atom. The molecule has 0 unspecified atom stereocenters. The van der Waals surface area contributed by atoms with E-state index in [1.807, 2.05) is 24.3 Å². The van der Waals surface area contributed by atoms with Crippen LogP contribution in [0.2, 0.25) is 0 Å². The Morgan fingerprint density at radius 2 is 2.00 bits per heavy atom. The number of benzene rings is 1. The predicted octanol–water partition coefficient (Wildman–Crippen LogP) is 2.16. The van der Waals surface area contributed by atoms with Crippen molar-refractivity contribution in [3.05, 3.63) is 30.5 Å². The molecule has 2 aromatic rings. The molecule has 1 amide bonds. The van der Waals surface area contributed by atoms with Gasteiger partial charge in [0.2, 0.25) is 5.91 Å². The fraction of sp³-hybridized carbons (Fsp3) is 0.375. The van der Waals surface area contributed by atoms with Crippen molar-refractivity contribution in [1.82, 2.24) is 15.0 Å². The Morgan fingerprint density at radius 3 is 2.65 bits per heavy atom. The van der Waals surface area contributed by atoms with Gasteiger partial charge in [-0.3, -0.25) is 9.59 Å². The van der Waals surface area contributed by atoms with Gasteiger partial charge < -0.3 is 10.4 Å². The molecular formula is C16H18N4O3. The second kappa shape index (κ2) is 6.60. The SMILES string of the molecule is O=C(O)CCCn1nncc1-c1ccc(NC(=O)C2CC2)cc1. The number of carboxylic acid groups (broad SMARTS) is 1. The number of hydrogen-bond acceptors (Lipinski definition) is 4. The number of nitrogens with one attached hydrogen (secondary N) is 1. The summed E-state index contributed by atoms with van der Waals surface area (Å²) in [5.74, 6) is -0.560. The smallest absolute Gasteiger partial charge is 0.303 e. The molecule has 1 heterocycles. The molecule has 0 aliphatic heterocycles. The largest absolute Gasteiger partial charge is 0.481 e. The quantitative estimate of drug-likeness (QED) is 0.816. The van der Waals surface area contributed by atoms with Gasteiger partial charge >= 0.3 is 5.97 Å². The van der Waals surface area contributed by atoms with Crippen LogP contribution >= 0.6 is 0 Å². The van der Waals surface area contributed by atoms with Gasteiger partial charge in [-0.1, -0.05) is 17.3 Å². The van der Waals surface area contributed by atoms with E-state index in [2.05, 4.69) is 15.6 Å². The van der Waals surface area contributed by atoms with Crippen LogP contribution in [0.3, 0.4) is 0 Å². The molecule has 1 saturated carbocycles. The number of carbonyl (C=O) groups excluding carboxylic acids is 1. The summed E-state index contributed by atoms with van der Waals surface area (Å²) in [5, 5.41) is 19.5. The van der Waals surface area contributed by atoms with Crippen molar-refractivity contribution in [1.29, 1.82) is 0 Å². The van der Waals surface area contributed by atoms with Gasteiger partial charge in [-0.15, -0.1) is 5.10 Å². The molecule has 120 valence electrons. The van der Waals surface area contributed by atoms with Crippen LogP contribution in [-0.2, 0) is 16.1 Å². The average molecular weight is 314 g/mol. The molecule has 7 heteroatoms. The summed E-state index contributed by atoms with van der Waals surface area (Å²) < 4.78 is 1.70. The fourth-order valence-electron chi connectivity index (χ4n) is 2.34. The molecule has 0 radical (unpaired) electrons. The third kappa shape index (κ3) is 3.94. The molecule has 0 spiro atoms. The number of carbonyl (C=O) groups is 2. The van der Waals surface area contributed by atoms with Gasteiger partial charge in [0.1, 0.15) is 0 Å². The first-order valence-electron chi connectivity index (χ1n) is 7.65. The number of amides is 1. The van der Waals surface area contributed by atoms with Crippen molar-refractivity contribution >= 4 is 17.6 Å². The summed E-state index contributed by atoms with van der Waals surface area (Å²) in [4.78, 5) is 22.3. The first-order chi connectivity index (χ1) is 11.1. The minimum absolute atomic E-state index is 0.0816. The van der Waals surface area contributed by atoms with Crippen molar-refractivity contribution < 1.29 is 14.7 Å². The number of aryl methyl sites for hydroxylation is 1. The number of hydrogen-bond donors (Lipinski definition) is 2. The first-order valence-corrected chi connectivity index (χ1v) is 7.65. The van der Waals surface area contributed by atoms with E-state index in [1.54, 1.807) is 10.9 Å². The van der Waals surface area contributed by atoms with Gasteiger partial charge in [0.25, 0.3) is 0 Å². The van der Waals surface area contributed by atoms with Crippen molar-refractivity contribution in [3.63, 3.8) is 0 Å². The highest BCUT2D eigenvalue weighted by atomic mass is 16.4. The lowest BCUT2D eigenvalue weighted by Gasteiger charge is -2.08. The van der Waals surface area contributed by atoms with Crippen LogP contribution in [0, 0.1) is 5.92 Å². The lowest BCUT2D eigenvalue weighted by Crippen LogP contribution is -2.13. The zero-order chi connectivity index (χ0) is 16.2. The van der Waals surface area contributed by atoms with Gasteiger partial charge in [-0.2, -0.15) is 0 Å². The van der Waals surface area contributed by atoms with Crippen molar-refractivity contribution in [3.8, 4) is 11.3 Å². The van der Waals surface area contributed by atoms with Crippen LogP contribution in [-0.4, -0.2) is 32.0 Å². The zero-order valence-corrected chi connectivity index (χ0v) is 12.6. The molecule has 0 saturated heterocycles. The van der Waals surface area contributed by atoms with E-state index in [4.69, 9.17) is 5.11 Å². The van der Waals surface area contributed by atoms with Crippen LogP contribution in [0.25, 0.3) is 11.3 Å². The van der Waals surface area contributed by atoms with Gasteiger partial charge in [0.15, 0.2) is 0 Å². The van der Waals surface area contributed by atoms with E-state index < -0.39 is 5.97 Å². The van der Waals surface area contributed by atoms with E-state index in [0.717, 1.165) is 29.8 Å². The molecule has 1 aliphatic rings. The lowest BCUT2D eigenvalue weighted by molar-refractivity contribution is -0.137. The fourth-order valence-corrected chi connectivity index (χ4v) is 2.34. The summed E-state index contributed by atoms with van der Waals surface area (Å²) in [6.07, 6.45) is 4.21. The second-order valence-electron chi connectivity index (χ2n) is 5.68. The highest BCUT2D eigenvalue weighted by molar-refractivity contribution is 5.94. The maximum Gasteiger partial charge on any atom is 0.303 e. The number of aliphatic carboxylic acids is 1. The van der Waals surface area contributed by atoms with E-state index in [-0.39, 0.29) is 18.2 Å². The highest BCUT2D eigenvalue weighted by Crippen LogP contribution is 2.30. The molecule has 7 nitrogen and oxygen atoms in total. The summed E-state index contributed by atoms with van der Waals surface area (Å²) in [6, 6.07) is 7.50. The van der Waals surface area contributed by atoms with Crippen LogP contribution in [0.1, 0.15) is 25.7 Å². The second-order valence-corrected chi connectivity index (χ2v) is 5.68. The summed E-state index contributed by atoms with van der Waals surface area (Å²) in [6.45, 7) is 0.502. The normalized spacial score (nSPS) is 13.7.